The molecule has 1 aliphatic heterocycles. The third-order valence-electron chi connectivity index (χ3n) is 14.3. The van der Waals surface area contributed by atoms with Gasteiger partial charge in [-0.2, -0.15) is 0 Å². The molecular weight excluding hydrogens is 570 g/mol. The fraction of sp³-hybridized carbons (Fsp3) is 0.946. The molecule has 5 aliphatic rings. The summed E-state index contributed by atoms with van der Waals surface area (Å²) in [4.78, 5) is 25.0. The van der Waals surface area contributed by atoms with E-state index in [1.807, 2.05) is 13.8 Å². The summed E-state index contributed by atoms with van der Waals surface area (Å²) in [5, 5.41) is 25.4. The number of hydrogen-bond acceptors (Lipinski definition) is 7. The van der Waals surface area contributed by atoms with Crippen molar-refractivity contribution in [3.63, 3.8) is 0 Å². The number of hydrogen-bond donors (Lipinski definition) is 3. The molecule has 0 spiro atoms. The van der Waals surface area contributed by atoms with Crippen LogP contribution < -0.4 is 5.32 Å². The number of fused-ring (bicyclic) bond motifs is 5. The van der Waals surface area contributed by atoms with Crippen LogP contribution in [0.25, 0.3) is 0 Å². The minimum absolute atomic E-state index is 0.00599. The molecule has 45 heavy (non-hydrogen) atoms. The minimum atomic E-state index is -0.872. The van der Waals surface area contributed by atoms with Crippen molar-refractivity contribution in [2.75, 3.05) is 6.54 Å². The lowest BCUT2D eigenvalue weighted by Crippen LogP contribution is -2.66. The molecular formula is C37H63NO7. The van der Waals surface area contributed by atoms with Gasteiger partial charge in [0.1, 0.15) is 18.2 Å². The highest BCUT2D eigenvalue weighted by Gasteiger charge is 2.72. The molecule has 1 saturated heterocycles. The van der Waals surface area contributed by atoms with Gasteiger partial charge in [0.25, 0.3) is 0 Å². The number of aliphatic hydroxyl groups is 2. The second kappa shape index (κ2) is 11.1. The van der Waals surface area contributed by atoms with Gasteiger partial charge in [0.15, 0.2) is 0 Å². The Hall–Kier alpha value is -1.38. The van der Waals surface area contributed by atoms with Gasteiger partial charge in [0.05, 0.1) is 23.4 Å². The molecule has 0 aromatic rings. The molecule has 5 fully saturated rings. The summed E-state index contributed by atoms with van der Waals surface area (Å²) < 4.78 is 18.1. The predicted molar refractivity (Wildman–Crippen MR) is 173 cm³/mol. The lowest BCUT2D eigenvalue weighted by Gasteiger charge is -2.70. The lowest BCUT2D eigenvalue weighted by atomic mass is 9.35. The monoisotopic (exact) mass is 633 g/mol. The van der Waals surface area contributed by atoms with Crippen molar-refractivity contribution < 1.29 is 34.0 Å². The summed E-state index contributed by atoms with van der Waals surface area (Å²) >= 11 is 0. The number of amides is 1. The first-order valence-corrected chi connectivity index (χ1v) is 17.7. The Kier molecular flexibility index (Phi) is 8.60. The average molecular weight is 634 g/mol. The number of esters is 1. The van der Waals surface area contributed by atoms with E-state index in [0.29, 0.717) is 11.8 Å². The molecule has 4 aliphatic carbocycles. The van der Waals surface area contributed by atoms with Crippen molar-refractivity contribution in [2.24, 2.45) is 45.3 Å². The molecule has 0 aromatic heterocycles. The Morgan fingerprint density at radius 1 is 0.867 bits per heavy atom. The van der Waals surface area contributed by atoms with Gasteiger partial charge in [-0.1, -0.05) is 34.6 Å². The Labute approximate surface area is 272 Å². The van der Waals surface area contributed by atoms with E-state index < -0.39 is 29.4 Å². The van der Waals surface area contributed by atoms with E-state index in [9.17, 15) is 19.8 Å². The molecule has 258 valence electrons. The van der Waals surface area contributed by atoms with Crippen LogP contribution in [-0.4, -0.2) is 63.9 Å². The van der Waals surface area contributed by atoms with E-state index in [4.69, 9.17) is 14.2 Å². The van der Waals surface area contributed by atoms with Crippen LogP contribution in [0.5, 0.6) is 0 Å². The zero-order valence-electron chi connectivity index (χ0n) is 30.0. The van der Waals surface area contributed by atoms with Crippen LogP contribution in [-0.2, 0) is 19.0 Å². The van der Waals surface area contributed by atoms with Crippen molar-refractivity contribution in [1.82, 2.24) is 5.32 Å². The highest BCUT2D eigenvalue weighted by Crippen LogP contribution is 2.76. The summed E-state index contributed by atoms with van der Waals surface area (Å²) in [6.45, 7) is 23.1. The van der Waals surface area contributed by atoms with E-state index >= 15 is 0 Å². The van der Waals surface area contributed by atoms with E-state index in [1.165, 1.54) is 0 Å². The molecule has 1 heterocycles. The molecule has 11 atom stereocenters. The Morgan fingerprint density at radius 2 is 1.51 bits per heavy atom. The molecule has 5 rings (SSSR count). The number of carbonyl (C=O) groups is 2. The maximum atomic E-state index is 12.9. The molecule has 4 saturated carbocycles. The van der Waals surface area contributed by atoms with Gasteiger partial charge in [0.2, 0.25) is 0 Å². The molecule has 0 aromatic carbocycles. The van der Waals surface area contributed by atoms with Crippen LogP contribution in [0.2, 0.25) is 0 Å². The number of nitrogens with one attached hydrogen (secondary N) is 1. The number of alkyl carbamates (subject to hydrolysis) is 1. The third-order valence-corrected chi connectivity index (χ3v) is 14.3. The third kappa shape index (κ3) is 5.75. The maximum absolute atomic E-state index is 12.9. The van der Waals surface area contributed by atoms with Crippen LogP contribution >= 0.6 is 0 Å². The van der Waals surface area contributed by atoms with E-state index in [1.54, 1.807) is 20.8 Å². The summed E-state index contributed by atoms with van der Waals surface area (Å²) in [5.41, 5.74) is -1.99. The van der Waals surface area contributed by atoms with Crippen LogP contribution in [0.15, 0.2) is 0 Å². The molecule has 1 amide bonds. The Balaban J connectivity index is 1.32. The quantitative estimate of drug-likeness (QED) is 0.286. The van der Waals surface area contributed by atoms with Gasteiger partial charge in [-0.15, -0.1) is 0 Å². The number of rotatable bonds is 5. The second-order valence-corrected chi connectivity index (χ2v) is 18.8. The van der Waals surface area contributed by atoms with Crippen molar-refractivity contribution in [3.05, 3.63) is 0 Å². The van der Waals surface area contributed by atoms with Gasteiger partial charge in [0, 0.05) is 5.41 Å². The topological polar surface area (TPSA) is 114 Å². The predicted octanol–water partition coefficient (Wildman–Crippen LogP) is 6.79. The first-order valence-electron chi connectivity index (χ1n) is 17.7. The van der Waals surface area contributed by atoms with Crippen molar-refractivity contribution >= 4 is 12.1 Å². The maximum Gasteiger partial charge on any atom is 0.408 e. The summed E-state index contributed by atoms with van der Waals surface area (Å²) in [6.07, 6.45) is 7.18. The van der Waals surface area contributed by atoms with Gasteiger partial charge in [-0.3, -0.25) is 4.79 Å². The molecule has 3 N–H and O–H groups in total. The van der Waals surface area contributed by atoms with E-state index in [0.717, 1.165) is 57.8 Å². The van der Waals surface area contributed by atoms with E-state index in [2.05, 4.69) is 46.9 Å². The number of ether oxygens (including phenoxy) is 3. The minimum Gasteiger partial charge on any atom is -0.460 e. The molecule has 8 nitrogen and oxygen atoms in total. The lowest BCUT2D eigenvalue weighted by molar-refractivity contribution is -0.251. The number of aliphatic hydroxyl groups excluding tert-OH is 1. The average Bonchev–Trinajstić information content (AvgIpc) is 3.48. The summed E-state index contributed by atoms with van der Waals surface area (Å²) in [7, 11) is 0. The zero-order valence-corrected chi connectivity index (χ0v) is 30.0. The molecule has 0 radical (unpaired) electrons. The summed E-state index contributed by atoms with van der Waals surface area (Å²) in [5.74, 6) is 0.727. The standard InChI is InChI=1S/C37H63NO7/c1-31(2,3)45-30(41)38-21-28(40)43-26-14-16-34(8)24(32(26,4)5)13-18-35(9)25(34)20-23(39)29-22(12-17-36(29,35)10)37(11)19-15-27(44-37)33(6,7)42/h22-27,29,39,42H,12-21H2,1-11H3,(H,38,41)/t22-,23+,24-,25+,26-,27-,29-,34-,35+,36+,37-/m0/s1. The fourth-order valence-electron chi connectivity index (χ4n) is 11.9. The van der Waals surface area contributed by atoms with Crippen LogP contribution in [0, 0.1) is 45.3 Å². The van der Waals surface area contributed by atoms with Gasteiger partial charge >= 0.3 is 12.1 Å². The smallest absolute Gasteiger partial charge is 0.408 e. The SMILES string of the molecule is CC(C)(C)OC(=O)NCC(=O)O[C@H]1CC[C@]2(C)[C@H]3C[C@@H](O)[C@@H]4[C@@H]([C@]5(C)CC[C@@H](C(C)(C)O)O5)CC[C@@]4(C)[C@]3(C)CC[C@H]2C1(C)C. The Morgan fingerprint density at radius 3 is 2.11 bits per heavy atom. The first kappa shape index (κ1) is 34.9. The van der Waals surface area contributed by atoms with Crippen LogP contribution in [0.1, 0.15) is 134 Å². The molecule has 0 unspecified atom stereocenters. The van der Waals surface area contributed by atoms with Gasteiger partial charge in [-0.05, 0) is 139 Å². The second-order valence-electron chi connectivity index (χ2n) is 18.8. The van der Waals surface area contributed by atoms with E-state index in [-0.39, 0.29) is 57.8 Å². The number of carbonyl (C=O) groups excluding carboxylic acids is 2. The first-order chi connectivity index (χ1) is 20.5. The highest BCUT2D eigenvalue weighted by atomic mass is 16.6. The van der Waals surface area contributed by atoms with Gasteiger partial charge < -0.3 is 29.7 Å². The van der Waals surface area contributed by atoms with Crippen LogP contribution in [0.3, 0.4) is 0 Å². The van der Waals surface area contributed by atoms with Crippen molar-refractivity contribution in [2.45, 2.75) is 169 Å². The normalized spacial score (nSPS) is 46.0. The van der Waals surface area contributed by atoms with Gasteiger partial charge in [-0.25, -0.2) is 4.79 Å². The summed E-state index contributed by atoms with van der Waals surface area (Å²) in [6, 6.07) is 0. The van der Waals surface area contributed by atoms with Crippen molar-refractivity contribution in [3.8, 4) is 0 Å². The molecule has 8 heteroatoms. The molecule has 0 bridgehead atoms. The van der Waals surface area contributed by atoms with Crippen LogP contribution in [0.4, 0.5) is 4.79 Å². The van der Waals surface area contributed by atoms with Crippen molar-refractivity contribution in [1.29, 1.82) is 0 Å². The Bertz CT molecular complexity index is 1160. The fourth-order valence-corrected chi connectivity index (χ4v) is 11.9. The highest BCUT2D eigenvalue weighted by molar-refractivity contribution is 5.78. The zero-order chi connectivity index (χ0) is 33.6. The largest absolute Gasteiger partial charge is 0.460 e.